The largest absolute Gasteiger partial charge is 0.417 e. The van der Waals surface area contributed by atoms with Crippen molar-refractivity contribution in [1.29, 1.82) is 0 Å². The molecule has 1 aromatic carbocycles. The maximum absolute atomic E-state index is 13.5. The van der Waals surface area contributed by atoms with Gasteiger partial charge in [0, 0.05) is 43.4 Å². The van der Waals surface area contributed by atoms with Gasteiger partial charge in [-0.1, -0.05) is 17.5 Å². The van der Waals surface area contributed by atoms with E-state index in [2.05, 4.69) is 17.1 Å². The lowest BCUT2D eigenvalue weighted by Crippen LogP contribution is -2.61. The number of hydrazone groups is 1. The minimum atomic E-state index is -5.16. The first-order chi connectivity index (χ1) is 17.1. The highest BCUT2D eigenvalue weighted by molar-refractivity contribution is 8.04. The topological polar surface area (TPSA) is 85.1 Å². The van der Waals surface area contributed by atoms with Gasteiger partial charge in [0.15, 0.2) is 6.72 Å². The second-order valence-corrected chi connectivity index (χ2v) is 11.4. The van der Waals surface area contributed by atoms with Gasteiger partial charge >= 0.3 is 12.4 Å². The number of amides is 1. The molecule has 0 aromatic heterocycles. The molecule has 8 nitrogen and oxygen atoms in total. The normalized spacial score (nSPS) is 21.5. The summed E-state index contributed by atoms with van der Waals surface area (Å²) in [5.74, 6) is -1.12. The Morgan fingerprint density at radius 3 is 2.16 bits per heavy atom. The average molecular weight is 555 g/mol. The number of alkyl halides is 6. The van der Waals surface area contributed by atoms with Gasteiger partial charge in [-0.05, 0) is 31.0 Å². The first-order valence-electron chi connectivity index (χ1n) is 11.6. The summed E-state index contributed by atoms with van der Waals surface area (Å²) in [4.78, 5) is 14.8. The number of nitrogens with one attached hydrogen (secondary N) is 1. The molecule has 1 N–H and O–H groups in total. The molecule has 1 saturated carbocycles. The number of benzene rings is 1. The Hall–Kier alpha value is -2.52. The van der Waals surface area contributed by atoms with Crippen molar-refractivity contribution in [2.75, 3.05) is 39.3 Å². The highest BCUT2D eigenvalue weighted by Crippen LogP contribution is 2.38. The molecule has 1 saturated heterocycles. The monoisotopic (exact) mass is 554 g/mol. The van der Waals surface area contributed by atoms with E-state index in [0.717, 1.165) is 12.8 Å². The summed E-state index contributed by atoms with van der Waals surface area (Å²) in [5.41, 5.74) is -4.62. The summed E-state index contributed by atoms with van der Waals surface area (Å²) in [6.07, 6.45) is -7.23. The van der Waals surface area contributed by atoms with Gasteiger partial charge < -0.3 is 5.32 Å². The van der Waals surface area contributed by atoms with Crippen molar-refractivity contribution < 1.29 is 44.2 Å². The zero-order valence-corrected chi connectivity index (χ0v) is 20.5. The molecule has 0 bridgehead atoms. The van der Waals surface area contributed by atoms with Crippen LogP contribution in [0.3, 0.4) is 0 Å². The number of carbonyl (C=O) groups is 1. The molecule has 4 rings (SSSR count). The number of piperazine rings is 1. The maximum Gasteiger partial charge on any atom is 0.417 e. The molecule has 2 fully saturated rings. The van der Waals surface area contributed by atoms with Crippen LogP contribution in [0.4, 0.5) is 26.3 Å². The van der Waals surface area contributed by atoms with Crippen LogP contribution in [0.1, 0.15) is 47.2 Å². The number of carbonyl (C=O) groups excluding carboxylic acids is 1. The van der Waals surface area contributed by atoms with Crippen molar-refractivity contribution in [1.82, 2.24) is 14.5 Å². The van der Waals surface area contributed by atoms with E-state index in [1.165, 1.54) is 8.99 Å². The third-order valence-electron chi connectivity index (χ3n) is 7.13. The van der Waals surface area contributed by atoms with Crippen LogP contribution in [0.2, 0.25) is 0 Å². The minimum absolute atomic E-state index is 0.0138. The number of rotatable bonds is 5. The molecule has 0 spiro atoms. The first kappa shape index (κ1) is 27.5. The van der Waals surface area contributed by atoms with Crippen molar-refractivity contribution in [2.45, 2.75) is 43.6 Å². The van der Waals surface area contributed by atoms with E-state index < -0.39 is 50.5 Å². The van der Waals surface area contributed by atoms with Gasteiger partial charge in [0.1, 0.15) is 0 Å². The van der Waals surface area contributed by atoms with Crippen molar-refractivity contribution in [3.8, 4) is 0 Å². The predicted octanol–water partition coefficient (Wildman–Crippen LogP) is 2.75. The Morgan fingerprint density at radius 2 is 1.65 bits per heavy atom. The molecular weight excluding hydrogens is 528 g/mol. The van der Waals surface area contributed by atoms with Crippen molar-refractivity contribution in [3.63, 3.8) is 0 Å². The summed E-state index contributed by atoms with van der Waals surface area (Å²) in [7, 11) is -3.70. The standard InChI is InChI=1S/C22H25F6N5O3S/c1-31-13-18(30-31)37(35,36)33-10-8-32(9-11-33)20(6-2-3-7-20)14-29-19(34)16-5-4-15(21(23,24)25)12-17(16)22(26,27)28/h4-5,12H,1-3,6-11,13-14H2/p+1. The zero-order valence-electron chi connectivity index (χ0n) is 19.7. The zero-order chi connectivity index (χ0) is 27.2. The minimum Gasteiger partial charge on any atom is -0.350 e. The summed E-state index contributed by atoms with van der Waals surface area (Å²) in [6.45, 7) is 4.71. The number of hydrogen-bond donors (Lipinski definition) is 1. The fourth-order valence-corrected chi connectivity index (χ4v) is 6.59. The molecule has 0 unspecified atom stereocenters. The third kappa shape index (κ3) is 5.53. The lowest BCUT2D eigenvalue weighted by molar-refractivity contribution is -0.532. The van der Waals surface area contributed by atoms with E-state index in [-0.39, 0.29) is 37.3 Å². The Labute approximate surface area is 209 Å². The molecule has 0 radical (unpaired) electrons. The molecule has 37 heavy (non-hydrogen) atoms. The van der Waals surface area contributed by atoms with E-state index >= 15 is 0 Å². The van der Waals surface area contributed by atoms with Crippen LogP contribution < -0.4 is 5.32 Å². The summed E-state index contributed by atoms with van der Waals surface area (Å²) >= 11 is 0. The van der Waals surface area contributed by atoms with E-state index in [9.17, 15) is 39.6 Å². The van der Waals surface area contributed by atoms with Crippen LogP contribution in [0, 0.1) is 0 Å². The average Bonchev–Trinajstić information content (AvgIpc) is 3.29. The number of halogens is 6. The molecule has 0 atom stereocenters. The number of sulfonamides is 1. The van der Waals surface area contributed by atoms with Gasteiger partial charge in [-0.25, -0.2) is 8.42 Å². The summed E-state index contributed by atoms with van der Waals surface area (Å²) in [5, 5.41) is 6.35. The second-order valence-electron chi connectivity index (χ2n) is 9.42. The fraction of sp³-hybridized carbons (Fsp3) is 0.591. The summed E-state index contributed by atoms with van der Waals surface area (Å²) < 4.78 is 107. The predicted molar refractivity (Wildman–Crippen MR) is 122 cm³/mol. The fourth-order valence-electron chi connectivity index (χ4n) is 5.12. The highest BCUT2D eigenvalue weighted by atomic mass is 32.2. The van der Waals surface area contributed by atoms with Crippen LogP contribution in [0.5, 0.6) is 0 Å². The smallest absolute Gasteiger partial charge is 0.350 e. The van der Waals surface area contributed by atoms with Crippen molar-refractivity contribution in [2.24, 2.45) is 5.10 Å². The van der Waals surface area contributed by atoms with Crippen molar-refractivity contribution >= 4 is 27.7 Å². The third-order valence-corrected chi connectivity index (χ3v) is 8.98. The van der Waals surface area contributed by atoms with Gasteiger partial charge in [-0.15, -0.1) is 0 Å². The quantitative estimate of drug-likeness (QED) is 0.448. The van der Waals surface area contributed by atoms with E-state index in [1.807, 2.05) is 4.90 Å². The van der Waals surface area contributed by atoms with Gasteiger partial charge in [0.2, 0.25) is 6.54 Å². The lowest BCUT2D eigenvalue weighted by atomic mass is 9.93. The van der Waals surface area contributed by atoms with Crippen LogP contribution in [-0.2, 0) is 22.4 Å². The van der Waals surface area contributed by atoms with E-state index in [1.54, 1.807) is 0 Å². The number of nitrogens with zero attached hydrogens (tertiary/aromatic N) is 4. The molecular formula is C22H26F6N5O3S+. The Kier molecular flexibility index (Phi) is 7.18. The molecule has 15 heteroatoms. The maximum atomic E-state index is 13.5. The van der Waals surface area contributed by atoms with Gasteiger partial charge in [0.05, 0.1) is 16.7 Å². The van der Waals surface area contributed by atoms with E-state index in [0.29, 0.717) is 38.1 Å². The van der Waals surface area contributed by atoms with Gasteiger partial charge in [-0.2, -0.15) is 30.6 Å². The van der Waals surface area contributed by atoms with Crippen LogP contribution in [-0.4, -0.2) is 84.8 Å². The lowest BCUT2D eigenvalue weighted by Gasteiger charge is -2.45. The second kappa shape index (κ2) is 9.66. The van der Waals surface area contributed by atoms with Gasteiger partial charge in [0.25, 0.3) is 21.0 Å². The van der Waals surface area contributed by atoms with Crippen molar-refractivity contribution in [3.05, 3.63) is 34.9 Å². The molecule has 1 aromatic rings. The van der Waals surface area contributed by atoms with E-state index in [4.69, 9.17) is 0 Å². The van der Waals surface area contributed by atoms with Crippen LogP contribution in [0.15, 0.2) is 23.3 Å². The Bertz CT molecular complexity index is 1210. The summed E-state index contributed by atoms with van der Waals surface area (Å²) in [6, 6.07) is 0.942. The molecule has 204 valence electrons. The van der Waals surface area contributed by atoms with Gasteiger partial charge in [-0.3, -0.25) is 9.69 Å². The first-order valence-corrected chi connectivity index (χ1v) is 13.0. The molecule has 2 aliphatic heterocycles. The molecule has 1 aliphatic carbocycles. The highest BCUT2D eigenvalue weighted by Gasteiger charge is 2.45. The number of hydrogen-bond acceptors (Lipinski definition) is 5. The van der Waals surface area contributed by atoms with Crippen LogP contribution in [0.25, 0.3) is 0 Å². The molecule has 2 heterocycles. The SMILES string of the molecule is C=[N+]1CC(S(=O)(=O)N2CCN(C3(CNC(=O)c4ccc(C(F)(F)F)cc4C(F)(F)F)CCCC3)CC2)=N1. The molecule has 1 amide bonds. The molecule has 3 aliphatic rings. The Morgan fingerprint density at radius 1 is 1.05 bits per heavy atom. The Balaban J connectivity index is 1.47. The van der Waals surface area contributed by atoms with Crippen LogP contribution >= 0.6 is 0 Å².